The Morgan fingerprint density at radius 3 is 2.85 bits per heavy atom. The third kappa shape index (κ3) is 2.92. The van der Waals surface area contributed by atoms with Crippen molar-refractivity contribution in [2.24, 2.45) is 0 Å². The van der Waals surface area contributed by atoms with Crippen LogP contribution in [-0.4, -0.2) is 22.7 Å². The molecule has 0 aliphatic carbocycles. The van der Waals surface area contributed by atoms with Gasteiger partial charge in [0.05, 0.1) is 0 Å². The fraction of sp³-hybridized carbons (Fsp3) is 0.0714. The SMILES string of the molecule is O=C(COc1ccc2ccccc2c1)Nc1nncs1. The molecule has 1 N–H and O–H groups in total. The standard InChI is InChI=1S/C14H11N3O2S/c18-13(16-14-17-15-9-20-14)8-19-12-6-5-10-3-1-2-4-11(10)7-12/h1-7,9H,8H2,(H,16,17,18). The first-order valence-electron chi connectivity index (χ1n) is 5.99. The summed E-state index contributed by atoms with van der Waals surface area (Å²) in [4.78, 5) is 11.7. The van der Waals surface area contributed by atoms with Crippen LogP contribution in [0.3, 0.4) is 0 Å². The number of fused-ring (bicyclic) bond motifs is 1. The molecule has 0 atom stereocenters. The Labute approximate surface area is 119 Å². The molecular weight excluding hydrogens is 274 g/mol. The van der Waals surface area contributed by atoms with Crippen LogP contribution in [0.15, 0.2) is 48.0 Å². The van der Waals surface area contributed by atoms with Gasteiger partial charge >= 0.3 is 0 Å². The van der Waals surface area contributed by atoms with Crippen LogP contribution in [0.5, 0.6) is 5.75 Å². The van der Waals surface area contributed by atoms with E-state index in [1.807, 2.05) is 42.5 Å². The third-order valence-electron chi connectivity index (χ3n) is 2.70. The van der Waals surface area contributed by atoms with E-state index >= 15 is 0 Å². The van der Waals surface area contributed by atoms with E-state index in [0.717, 1.165) is 10.8 Å². The lowest BCUT2D eigenvalue weighted by atomic mass is 10.1. The van der Waals surface area contributed by atoms with E-state index in [-0.39, 0.29) is 12.5 Å². The zero-order valence-electron chi connectivity index (χ0n) is 10.4. The van der Waals surface area contributed by atoms with Gasteiger partial charge in [-0.3, -0.25) is 10.1 Å². The fourth-order valence-corrected chi connectivity index (χ4v) is 2.25. The summed E-state index contributed by atoms with van der Waals surface area (Å²) in [6.07, 6.45) is 0. The highest BCUT2D eigenvalue weighted by Crippen LogP contribution is 2.20. The highest BCUT2D eigenvalue weighted by molar-refractivity contribution is 7.13. The van der Waals surface area contributed by atoms with E-state index in [4.69, 9.17) is 4.74 Å². The quantitative estimate of drug-likeness (QED) is 0.800. The molecule has 2 aromatic carbocycles. The zero-order chi connectivity index (χ0) is 13.8. The highest BCUT2D eigenvalue weighted by atomic mass is 32.1. The van der Waals surface area contributed by atoms with Gasteiger partial charge in [-0.15, -0.1) is 10.2 Å². The highest BCUT2D eigenvalue weighted by Gasteiger charge is 2.06. The van der Waals surface area contributed by atoms with Crippen molar-refractivity contribution >= 4 is 33.1 Å². The van der Waals surface area contributed by atoms with Crippen molar-refractivity contribution in [3.8, 4) is 5.75 Å². The van der Waals surface area contributed by atoms with Gasteiger partial charge in [-0.1, -0.05) is 41.7 Å². The lowest BCUT2D eigenvalue weighted by Crippen LogP contribution is -2.20. The topological polar surface area (TPSA) is 64.1 Å². The van der Waals surface area contributed by atoms with Gasteiger partial charge in [0, 0.05) is 0 Å². The predicted molar refractivity (Wildman–Crippen MR) is 78.0 cm³/mol. The second-order valence-electron chi connectivity index (χ2n) is 4.09. The molecule has 0 radical (unpaired) electrons. The number of rotatable bonds is 4. The summed E-state index contributed by atoms with van der Waals surface area (Å²) in [5, 5.41) is 12.7. The van der Waals surface area contributed by atoms with Crippen LogP contribution in [-0.2, 0) is 4.79 Å². The summed E-state index contributed by atoms with van der Waals surface area (Å²) < 4.78 is 5.47. The van der Waals surface area contributed by atoms with Gasteiger partial charge in [-0.25, -0.2) is 0 Å². The maximum atomic E-state index is 11.7. The van der Waals surface area contributed by atoms with Gasteiger partial charge in [0.2, 0.25) is 5.13 Å². The van der Waals surface area contributed by atoms with Gasteiger partial charge in [0.15, 0.2) is 6.61 Å². The summed E-state index contributed by atoms with van der Waals surface area (Å²) in [6.45, 7) is -0.0576. The second-order valence-corrected chi connectivity index (χ2v) is 4.92. The van der Waals surface area contributed by atoms with Crippen LogP contribution < -0.4 is 10.1 Å². The first-order chi connectivity index (χ1) is 9.81. The van der Waals surface area contributed by atoms with Crippen molar-refractivity contribution in [1.29, 1.82) is 0 Å². The molecule has 1 aromatic heterocycles. The monoisotopic (exact) mass is 285 g/mol. The summed E-state index contributed by atoms with van der Waals surface area (Å²) >= 11 is 1.27. The van der Waals surface area contributed by atoms with Gasteiger partial charge < -0.3 is 4.74 Å². The molecule has 0 aliphatic rings. The Morgan fingerprint density at radius 1 is 1.20 bits per heavy atom. The number of benzene rings is 2. The number of anilines is 1. The maximum absolute atomic E-state index is 11.7. The lowest BCUT2D eigenvalue weighted by molar-refractivity contribution is -0.118. The number of hydrogen-bond donors (Lipinski definition) is 1. The summed E-state index contributed by atoms with van der Waals surface area (Å²) in [5.41, 5.74) is 1.56. The molecule has 0 fully saturated rings. The van der Waals surface area contributed by atoms with E-state index in [1.165, 1.54) is 11.3 Å². The largest absolute Gasteiger partial charge is 0.484 e. The third-order valence-corrected chi connectivity index (χ3v) is 3.30. The number of aromatic nitrogens is 2. The molecule has 0 bridgehead atoms. The first kappa shape index (κ1) is 12.6. The second kappa shape index (κ2) is 5.66. The molecule has 100 valence electrons. The smallest absolute Gasteiger partial charge is 0.264 e. The summed E-state index contributed by atoms with van der Waals surface area (Å²) in [6, 6.07) is 13.7. The molecular formula is C14H11N3O2S. The average molecular weight is 285 g/mol. The summed E-state index contributed by atoms with van der Waals surface area (Å²) in [5.74, 6) is 0.408. The average Bonchev–Trinajstić information content (AvgIpc) is 2.98. The molecule has 3 rings (SSSR count). The molecule has 0 saturated heterocycles. The number of ether oxygens (including phenoxy) is 1. The molecule has 3 aromatic rings. The van der Waals surface area contributed by atoms with Crippen LogP contribution in [0.25, 0.3) is 10.8 Å². The van der Waals surface area contributed by atoms with E-state index in [0.29, 0.717) is 10.9 Å². The van der Waals surface area contributed by atoms with Crippen molar-refractivity contribution < 1.29 is 9.53 Å². The number of nitrogens with zero attached hydrogens (tertiary/aromatic N) is 2. The Morgan fingerprint density at radius 2 is 2.05 bits per heavy atom. The number of amides is 1. The number of hydrogen-bond acceptors (Lipinski definition) is 5. The molecule has 0 spiro atoms. The molecule has 5 nitrogen and oxygen atoms in total. The number of carbonyl (C=O) groups is 1. The molecule has 20 heavy (non-hydrogen) atoms. The maximum Gasteiger partial charge on any atom is 0.264 e. The minimum Gasteiger partial charge on any atom is -0.484 e. The van der Waals surface area contributed by atoms with Crippen LogP contribution in [0.2, 0.25) is 0 Å². The predicted octanol–water partition coefficient (Wildman–Crippen LogP) is 2.71. The minimum atomic E-state index is -0.255. The minimum absolute atomic E-state index is 0.0576. The van der Waals surface area contributed by atoms with Crippen LogP contribution in [0.4, 0.5) is 5.13 Å². The molecule has 0 saturated carbocycles. The van der Waals surface area contributed by atoms with Gasteiger partial charge in [-0.2, -0.15) is 0 Å². The molecule has 1 heterocycles. The molecule has 6 heteroatoms. The van der Waals surface area contributed by atoms with Gasteiger partial charge in [0.1, 0.15) is 11.3 Å². The Balaban J connectivity index is 1.63. The Bertz CT molecular complexity index is 728. The van der Waals surface area contributed by atoms with Gasteiger partial charge in [0.25, 0.3) is 5.91 Å². The molecule has 0 aliphatic heterocycles. The lowest BCUT2D eigenvalue weighted by Gasteiger charge is -2.06. The van der Waals surface area contributed by atoms with Crippen molar-refractivity contribution in [3.63, 3.8) is 0 Å². The number of nitrogens with one attached hydrogen (secondary N) is 1. The van der Waals surface area contributed by atoms with Crippen LogP contribution in [0.1, 0.15) is 0 Å². The van der Waals surface area contributed by atoms with Crippen LogP contribution >= 0.6 is 11.3 Å². The zero-order valence-corrected chi connectivity index (χ0v) is 11.3. The van der Waals surface area contributed by atoms with Crippen LogP contribution in [0, 0.1) is 0 Å². The fourth-order valence-electron chi connectivity index (χ4n) is 1.79. The Hall–Kier alpha value is -2.47. The van der Waals surface area contributed by atoms with E-state index < -0.39 is 0 Å². The molecule has 1 amide bonds. The van der Waals surface area contributed by atoms with E-state index in [1.54, 1.807) is 5.51 Å². The normalized spacial score (nSPS) is 10.4. The number of carbonyl (C=O) groups excluding carboxylic acids is 1. The van der Waals surface area contributed by atoms with E-state index in [9.17, 15) is 4.79 Å². The summed E-state index contributed by atoms with van der Waals surface area (Å²) in [7, 11) is 0. The first-order valence-corrected chi connectivity index (χ1v) is 6.87. The Kier molecular flexibility index (Phi) is 3.56. The van der Waals surface area contributed by atoms with Crippen molar-refractivity contribution in [2.75, 3.05) is 11.9 Å². The van der Waals surface area contributed by atoms with Crippen molar-refractivity contribution in [2.45, 2.75) is 0 Å². The van der Waals surface area contributed by atoms with E-state index in [2.05, 4.69) is 15.5 Å². The molecule has 0 unspecified atom stereocenters. The van der Waals surface area contributed by atoms with Crippen molar-refractivity contribution in [3.05, 3.63) is 48.0 Å². The van der Waals surface area contributed by atoms with Gasteiger partial charge in [-0.05, 0) is 22.9 Å². The van der Waals surface area contributed by atoms with Crippen molar-refractivity contribution in [1.82, 2.24) is 10.2 Å².